The van der Waals surface area contributed by atoms with Crippen LogP contribution in [0.1, 0.15) is 33.4 Å². The molecule has 15 heteroatoms. The molecule has 196 valence electrons. The first-order valence-electron chi connectivity index (χ1n) is 10.7. The van der Waals surface area contributed by atoms with Crippen LogP contribution in [0.5, 0.6) is 0 Å². The summed E-state index contributed by atoms with van der Waals surface area (Å²) in [4.78, 5) is 56.0. The maximum atomic E-state index is 13.0. The van der Waals surface area contributed by atoms with Crippen LogP contribution in [0.25, 0.3) is 0 Å². The van der Waals surface area contributed by atoms with Gasteiger partial charge in [-0.1, -0.05) is 5.16 Å². The number of β-lactam (4-membered cyclic amide) rings is 1. The molecule has 1 aromatic rings. The summed E-state index contributed by atoms with van der Waals surface area (Å²) in [5.41, 5.74) is 4.90. The number of hydrogen-bond donors (Lipinski definition) is 3. The van der Waals surface area contributed by atoms with E-state index in [9.17, 15) is 24.4 Å². The lowest BCUT2D eigenvalue weighted by molar-refractivity contribution is -0.190. The molecule has 1 saturated heterocycles. The van der Waals surface area contributed by atoms with Crippen molar-refractivity contribution in [1.82, 2.24) is 15.2 Å². The molecule has 0 saturated carbocycles. The third kappa shape index (κ3) is 5.63. The summed E-state index contributed by atoms with van der Waals surface area (Å²) in [7, 11) is 1.45. The first-order chi connectivity index (χ1) is 16.9. The van der Waals surface area contributed by atoms with E-state index in [4.69, 9.17) is 19.9 Å². The number of nitrogens with zero attached hydrogens (tertiary/aromatic N) is 3. The fourth-order valence-corrected chi connectivity index (χ4v) is 5.21. The van der Waals surface area contributed by atoms with Crippen LogP contribution >= 0.6 is 23.1 Å². The van der Waals surface area contributed by atoms with Crippen molar-refractivity contribution in [3.63, 3.8) is 0 Å². The van der Waals surface area contributed by atoms with E-state index in [0.717, 1.165) is 11.3 Å². The van der Waals surface area contributed by atoms with Gasteiger partial charge in [-0.05, 0) is 26.3 Å². The van der Waals surface area contributed by atoms with E-state index < -0.39 is 52.6 Å². The van der Waals surface area contributed by atoms with Crippen LogP contribution in [0.3, 0.4) is 0 Å². The third-order valence-corrected chi connectivity index (χ3v) is 7.10. The molecule has 1 fully saturated rings. The van der Waals surface area contributed by atoms with E-state index >= 15 is 0 Å². The number of rotatable bonds is 8. The number of nitrogens with one attached hydrogen (secondary N) is 1. The van der Waals surface area contributed by atoms with Crippen LogP contribution in [-0.2, 0) is 33.4 Å². The normalized spacial score (nSPS) is 20.9. The van der Waals surface area contributed by atoms with Crippen LogP contribution in [0.2, 0.25) is 0 Å². The highest BCUT2D eigenvalue weighted by molar-refractivity contribution is 8.00. The van der Waals surface area contributed by atoms with Crippen LogP contribution in [-0.4, -0.2) is 81.7 Å². The van der Waals surface area contributed by atoms with Crippen molar-refractivity contribution in [2.45, 2.75) is 45.4 Å². The minimum atomic E-state index is -1.20. The topological polar surface area (TPSA) is 183 Å². The molecule has 1 aromatic heterocycles. The summed E-state index contributed by atoms with van der Waals surface area (Å²) in [6.45, 7) is 6.45. The van der Waals surface area contributed by atoms with E-state index in [1.54, 1.807) is 20.8 Å². The van der Waals surface area contributed by atoms with E-state index in [1.807, 2.05) is 0 Å². The number of ether oxygens (including phenoxy) is 3. The van der Waals surface area contributed by atoms with Crippen LogP contribution < -0.4 is 11.1 Å². The molecule has 2 amide bonds. The Labute approximate surface area is 215 Å². The van der Waals surface area contributed by atoms with Crippen LogP contribution in [0.4, 0.5) is 5.13 Å². The van der Waals surface area contributed by atoms with E-state index in [2.05, 4.69) is 15.5 Å². The number of thioether (sulfide) groups is 1. The molecule has 13 nitrogen and oxygen atoms in total. The first kappa shape index (κ1) is 27.4. The van der Waals surface area contributed by atoms with Gasteiger partial charge in [-0.3, -0.25) is 19.3 Å². The fourth-order valence-electron chi connectivity index (χ4n) is 3.33. The Morgan fingerprint density at radius 3 is 2.61 bits per heavy atom. The minimum Gasteiger partial charge on any atom is -0.425 e. The van der Waals surface area contributed by atoms with Gasteiger partial charge in [0, 0.05) is 25.2 Å². The zero-order valence-electron chi connectivity index (χ0n) is 20.3. The number of carbonyl (C=O) groups excluding carboxylic acids is 4. The number of thiazole rings is 1. The molecule has 3 unspecified atom stereocenters. The molecule has 3 atom stereocenters. The quantitative estimate of drug-likeness (QED) is 0.105. The van der Waals surface area contributed by atoms with Crippen molar-refractivity contribution in [2.24, 2.45) is 10.6 Å². The van der Waals surface area contributed by atoms with Gasteiger partial charge in [0.15, 0.2) is 10.8 Å². The summed E-state index contributed by atoms with van der Waals surface area (Å²) in [5, 5.41) is 15.8. The highest BCUT2D eigenvalue weighted by Crippen LogP contribution is 2.41. The Hall–Kier alpha value is -3.17. The predicted molar refractivity (Wildman–Crippen MR) is 130 cm³/mol. The highest BCUT2D eigenvalue weighted by Gasteiger charge is 2.55. The van der Waals surface area contributed by atoms with Crippen molar-refractivity contribution >= 4 is 57.7 Å². The monoisotopic (exact) mass is 541 g/mol. The second-order valence-electron chi connectivity index (χ2n) is 8.89. The van der Waals surface area contributed by atoms with Gasteiger partial charge < -0.3 is 30.5 Å². The van der Waals surface area contributed by atoms with Crippen molar-refractivity contribution in [1.29, 1.82) is 0 Å². The molecule has 36 heavy (non-hydrogen) atoms. The Balaban J connectivity index is 1.75. The lowest BCUT2D eigenvalue weighted by atomic mass is 9.97. The Morgan fingerprint density at radius 1 is 1.36 bits per heavy atom. The highest BCUT2D eigenvalue weighted by atomic mass is 32.2. The Kier molecular flexibility index (Phi) is 8.26. The predicted octanol–water partition coefficient (Wildman–Crippen LogP) is 0.683. The fraction of sp³-hybridized carbons (Fsp3) is 0.524. The van der Waals surface area contributed by atoms with Crippen molar-refractivity contribution in [3.05, 3.63) is 22.3 Å². The van der Waals surface area contributed by atoms with E-state index in [-0.39, 0.29) is 23.1 Å². The van der Waals surface area contributed by atoms with E-state index in [0.29, 0.717) is 11.3 Å². The van der Waals surface area contributed by atoms with Gasteiger partial charge >= 0.3 is 11.9 Å². The lowest BCUT2D eigenvalue weighted by Gasteiger charge is -2.49. The number of anilines is 1. The van der Waals surface area contributed by atoms with Gasteiger partial charge in [0.05, 0.1) is 12.0 Å². The molecule has 3 rings (SSSR count). The summed E-state index contributed by atoms with van der Waals surface area (Å²) < 4.78 is 15.7. The molecular formula is C21H27N5O8S2. The number of fused-ring (bicyclic) bond motifs is 1. The second kappa shape index (κ2) is 10.8. The molecule has 0 aromatic carbocycles. The van der Waals surface area contributed by atoms with Gasteiger partial charge in [0.2, 0.25) is 6.29 Å². The zero-order chi connectivity index (χ0) is 26.8. The maximum absolute atomic E-state index is 13.0. The van der Waals surface area contributed by atoms with Gasteiger partial charge in [-0.15, -0.1) is 23.1 Å². The minimum absolute atomic E-state index is 0.0296. The SMILES string of the molecule is COCC1=C(C(=O)OC(C)OC(=O)C(C)(C)C)N2C(=O)C(NC(=O)C(=NO)c3csc(N)n3)C2SC1. The first-order valence-corrected chi connectivity index (χ1v) is 12.6. The number of amides is 2. The standard InChI is InChI=1S/C21H27N5O8S2/c1-9(34-19(30)21(2,3)4)33-18(29)14-10(6-32-5)7-35-17-13(16(28)26(14)17)24-15(27)12(25-31)11-8-36-20(22)23-11/h8-9,13,17,31H,6-7H2,1-5H3,(H2,22,23)(H,24,27). The van der Waals surface area contributed by atoms with Crippen LogP contribution in [0.15, 0.2) is 21.8 Å². The number of aromatic nitrogens is 1. The van der Waals surface area contributed by atoms with E-state index in [1.165, 1.54) is 36.1 Å². The smallest absolute Gasteiger partial charge is 0.358 e. The Morgan fingerprint density at radius 2 is 2.06 bits per heavy atom. The number of esters is 2. The molecule has 2 aliphatic heterocycles. The molecule has 0 aliphatic carbocycles. The van der Waals surface area contributed by atoms with Gasteiger partial charge in [-0.2, -0.15) is 0 Å². The van der Waals surface area contributed by atoms with Gasteiger partial charge in [-0.25, -0.2) is 9.78 Å². The number of hydrogen-bond acceptors (Lipinski definition) is 13. The second-order valence-corrected chi connectivity index (χ2v) is 10.9. The summed E-state index contributed by atoms with van der Waals surface area (Å²) in [5.74, 6) is -2.51. The zero-order valence-corrected chi connectivity index (χ0v) is 21.9. The average Bonchev–Trinajstić information content (AvgIpc) is 3.22. The summed E-state index contributed by atoms with van der Waals surface area (Å²) in [6, 6.07) is -1.00. The van der Waals surface area contributed by atoms with Crippen molar-refractivity contribution in [3.8, 4) is 0 Å². The van der Waals surface area contributed by atoms with Crippen LogP contribution in [0, 0.1) is 5.41 Å². The third-order valence-electron chi connectivity index (χ3n) is 5.08. The van der Waals surface area contributed by atoms with Crippen molar-refractivity contribution in [2.75, 3.05) is 25.2 Å². The molecule has 3 heterocycles. The lowest BCUT2D eigenvalue weighted by Crippen LogP contribution is -2.71. The molecule has 0 radical (unpaired) electrons. The maximum Gasteiger partial charge on any atom is 0.358 e. The Bertz CT molecular complexity index is 1130. The number of methoxy groups -OCH3 is 1. The molecule has 0 bridgehead atoms. The van der Waals surface area contributed by atoms with Gasteiger partial charge in [0.1, 0.15) is 22.8 Å². The average molecular weight is 542 g/mol. The number of nitrogen functional groups attached to an aromatic ring is 1. The summed E-state index contributed by atoms with van der Waals surface area (Å²) >= 11 is 2.37. The molecular weight excluding hydrogens is 514 g/mol. The molecule has 4 N–H and O–H groups in total. The number of nitrogens with two attached hydrogens (primary N) is 1. The molecule has 2 aliphatic rings. The number of oxime groups is 1. The van der Waals surface area contributed by atoms with Crippen molar-refractivity contribution < 1.29 is 38.6 Å². The van der Waals surface area contributed by atoms with Gasteiger partial charge in [0.25, 0.3) is 11.8 Å². The largest absolute Gasteiger partial charge is 0.425 e. The summed E-state index contributed by atoms with van der Waals surface area (Å²) in [6.07, 6.45) is -1.20. The molecule has 0 spiro atoms. The number of carbonyl (C=O) groups is 4.